The first kappa shape index (κ1) is 15.3. The molecular formula is C14H25N3O3. The summed E-state index contributed by atoms with van der Waals surface area (Å²) in [6.45, 7) is 5.76. The summed E-state index contributed by atoms with van der Waals surface area (Å²) in [4.78, 5) is 27.8. The zero-order valence-electron chi connectivity index (χ0n) is 12.3. The Balaban J connectivity index is 1.75. The van der Waals surface area contributed by atoms with Gasteiger partial charge in [-0.15, -0.1) is 0 Å². The van der Waals surface area contributed by atoms with Crippen LogP contribution in [0, 0.1) is 5.92 Å². The van der Waals surface area contributed by atoms with Crippen LogP contribution in [0.2, 0.25) is 0 Å². The highest BCUT2D eigenvalue weighted by atomic mass is 16.5. The number of methoxy groups -OCH3 is 1. The second-order valence-corrected chi connectivity index (χ2v) is 5.56. The van der Waals surface area contributed by atoms with Gasteiger partial charge in [-0.25, -0.2) is 0 Å². The zero-order chi connectivity index (χ0) is 14.4. The fraction of sp³-hybridized carbons (Fsp3) is 0.857. The number of hydrogen-bond donors (Lipinski definition) is 1. The van der Waals surface area contributed by atoms with Crippen LogP contribution < -0.4 is 5.32 Å². The number of piperidine rings is 1. The molecule has 0 saturated carbocycles. The van der Waals surface area contributed by atoms with Gasteiger partial charge in [0.25, 0.3) is 0 Å². The van der Waals surface area contributed by atoms with Crippen molar-refractivity contribution in [2.45, 2.75) is 19.3 Å². The predicted octanol–water partition coefficient (Wildman–Crippen LogP) is -0.307. The molecule has 0 unspecified atom stereocenters. The lowest BCUT2D eigenvalue weighted by Gasteiger charge is -2.32. The number of nitrogens with zero attached hydrogens (tertiary/aromatic N) is 2. The molecule has 20 heavy (non-hydrogen) atoms. The summed E-state index contributed by atoms with van der Waals surface area (Å²) in [6, 6.07) is 0. The number of amides is 1. The minimum Gasteiger partial charge on any atom is -0.469 e. The summed E-state index contributed by atoms with van der Waals surface area (Å²) in [5, 5.41) is 3.34. The Hall–Kier alpha value is -1.14. The summed E-state index contributed by atoms with van der Waals surface area (Å²) >= 11 is 0. The third-order valence-corrected chi connectivity index (χ3v) is 4.17. The summed E-state index contributed by atoms with van der Waals surface area (Å²) < 4.78 is 4.76. The van der Waals surface area contributed by atoms with Crippen molar-refractivity contribution in [3.8, 4) is 0 Å². The van der Waals surface area contributed by atoms with E-state index < -0.39 is 0 Å². The molecule has 0 bridgehead atoms. The molecule has 1 N–H and O–H groups in total. The second-order valence-electron chi connectivity index (χ2n) is 5.56. The van der Waals surface area contributed by atoms with Crippen molar-refractivity contribution in [2.24, 2.45) is 5.92 Å². The maximum Gasteiger partial charge on any atom is 0.308 e. The van der Waals surface area contributed by atoms with Crippen LogP contribution in [-0.4, -0.2) is 74.6 Å². The second kappa shape index (κ2) is 7.59. The van der Waals surface area contributed by atoms with Gasteiger partial charge in [0.15, 0.2) is 0 Å². The Morgan fingerprint density at radius 3 is 2.60 bits per heavy atom. The first-order valence-electron chi connectivity index (χ1n) is 7.49. The molecule has 6 heteroatoms. The van der Waals surface area contributed by atoms with Crippen LogP contribution in [0.25, 0.3) is 0 Å². The molecule has 2 heterocycles. The highest BCUT2D eigenvalue weighted by Gasteiger charge is 2.28. The molecule has 2 aliphatic heterocycles. The molecule has 2 aliphatic rings. The molecule has 0 spiro atoms. The van der Waals surface area contributed by atoms with Gasteiger partial charge in [-0.05, 0) is 32.4 Å². The molecule has 0 radical (unpaired) electrons. The van der Waals surface area contributed by atoms with Gasteiger partial charge < -0.3 is 15.0 Å². The van der Waals surface area contributed by atoms with E-state index in [-0.39, 0.29) is 17.8 Å². The number of ether oxygens (including phenoxy) is 1. The average Bonchev–Trinajstić information content (AvgIpc) is 2.75. The Morgan fingerprint density at radius 1 is 1.15 bits per heavy atom. The molecule has 1 amide bonds. The fourth-order valence-corrected chi connectivity index (χ4v) is 2.88. The number of rotatable bonds is 3. The number of carbonyl (C=O) groups is 2. The van der Waals surface area contributed by atoms with E-state index in [2.05, 4.69) is 10.2 Å². The van der Waals surface area contributed by atoms with Crippen LogP contribution in [0.15, 0.2) is 0 Å². The van der Waals surface area contributed by atoms with Crippen molar-refractivity contribution in [3.05, 3.63) is 0 Å². The Labute approximate surface area is 120 Å². The summed E-state index contributed by atoms with van der Waals surface area (Å²) in [6.07, 6.45) is 2.54. The predicted molar refractivity (Wildman–Crippen MR) is 75.2 cm³/mol. The van der Waals surface area contributed by atoms with Crippen molar-refractivity contribution < 1.29 is 14.3 Å². The quantitative estimate of drug-likeness (QED) is 0.720. The summed E-state index contributed by atoms with van der Waals surface area (Å²) in [5.41, 5.74) is 0. The lowest BCUT2D eigenvalue weighted by molar-refractivity contribution is -0.149. The maximum atomic E-state index is 12.3. The van der Waals surface area contributed by atoms with Crippen molar-refractivity contribution in [1.82, 2.24) is 15.1 Å². The number of nitrogens with one attached hydrogen (secondary N) is 1. The minimum atomic E-state index is -0.143. The van der Waals surface area contributed by atoms with Crippen LogP contribution in [0.3, 0.4) is 0 Å². The smallest absolute Gasteiger partial charge is 0.308 e. The first-order chi connectivity index (χ1) is 9.70. The monoisotopic (exact) mass is 283 g/mol. The van der Waals surface area contributed by atoms with Gasteiger partial charge >= 0.3 is 5.97 Å². The fourth-order valence-electron chi connectivity index (χ4n) is 2.88. The third kappa shape index (κ3) is 4.18. The minimum absolute atomic E-state index is 0.0357. The van der Waals surface area contributed by atoms with Gasteiger partial charge in [0, 0.05) is 26.2 Å². The van der Waals surface area contributed by atoms with Gasteiger partial charge in [0.1, 0.15) is 0 Å². The molecule has 2 rings (SSSR count). The number of hydrogen-bond acceptors (Lipinski definition) is 5. The third-order valence-electron chi connectivity index (χ3n) is 4.17. The SMILES string of the molecule is COC(=O)C1CCN(C(=O)CN2CCCNCC2)CC1. The molecule has 2 saturated heterocycles. The maximum absolute atomic E-state index is 12.3. The van der Waals surface area contributed by atoms with Gasteiger partial charge in [-0.2, -0.15) is 0 Å². The molecule has 0 aliphatic carbocycles. The molecule has 6 nitrogen and oxygen atoms in total. The van der Waals surface area contributed by atoms with Gasteiger partial charge in [-0.1, -0.05) is 0 Å². The number of esters is 1. The molecular weight excluding hydrogens is 258 g/mol. The van der Waals surface area contributed by atoms with E-state index in [1.54, 1.807) is 0 Å². The first-order valence-corrected chi connectivity index (χ1v) is 7.49. The molecule has 2 fully saturated rings. The van der Waals surface area contributed by atoms with Crippen molar-refractivity contribution in [1.29, 1.82) is 0 Å². The van der Waals surface area contributed by atoms with E-state index >= 15 is 0 Å². The van der Waals surface area contributed by atoms with E-state index in [1.165, 1.54) is 7.11 Å². The number of likely N-dealkylation sites (tertiary alicyclic amines) is 1. The van der Waals surface area contributed by atoms with E-state index in [0.29, 0.717) is 19.6 Å². The van der Waals surface area contributed by atoms with Gasteiger partial charge in [0.05, 0.1) is 19.6 Å². The van der Waals surface area contributed by atoms with Crippen LogP contribution >= 0.6 is 0 Å². The highest BCUT2D eigenvalue weighted by Crippen LogP contribution is 2.18. The van der Waals surface area contributed by atoms with Gasteiger partial charge in [-0.3, -0.25) is 14.5 Å². The van der Waals surface area contributed by atoms with E-state index in [4.69, 9.17) is 4.74 Å². The van der Waals surface area contributed by atoms with Crippen LogP contribution in [0.4, 0.5) is 0 Å². The van der Waals surface area contributed by atoms with E-state index in [0.717, 1.165) is 45.4 Å². The van der Waals surface area contributed by atoms with E-state index in [1.807, 2.05) is 4.90 Å². The van der Waals surface area contributed by atoms with Crippen LogP contribution in [0.5, 0.6) is 0 Å². The standard InChI is InChI=1S/C14H25N3O3/c1-20-14(19)12-3-8-17(9-4-12)13(18)11-16-7-2-5-15-6-10-16/h12,15H,2-11H2,1H3. The molecule has 0 aromatic carbocycles. The normalized spacial score (nSPS) is 22.4. The topological polar surface area (TPSA) is 61.9 Å². The van der Waals surface area contributed by atoms with Gasteiger partial charge in [0.2, 0.25) is 5.91 Å². The van der Waals surface area contributed by atoms with Crippen molar-refractivity contribution >= 4 is 11.9 Å². The van der Waals surface area contributed by atoms with Crippen molar-refractivity contribution in [2.75, 3.05) is 52.9 Å². The lowest BCUT2D eigenvalue weighted by atomic mass is 9.97. The lowest BCUT2D eigenvalue weighted by Crippen LogP contribution is -2.45. The largest absolute Gasteiger partial charge is 0.469 e. The Morgan fingerprint density at radius 2 is 1.90 bits per heavy atom. The Bertz CT molecular complexity index is 333. The zero-order valence-corrected chi connectivity index (χ0v) is 12.3. The molecule has 0 aromatic rings. The van der Waals surface area contributed by atoms with Crippen LogP contribution in [-0.2, 0) is 14.3 Å². The highest BCUT2D eigenvalue weighted by molar-refractivity contribution is 5.79. The van der Waals surface area contributed by atoms with Crippen LogP contribution in [0.1, 0.15) is 19.3 Å². The molecule has 0 aromatic heterocycles. The van der Waals surface area contributed by atoms with Crippen molar-refractivity contribution in [3.63, 3.8) is 0 Å². The molecule has 114 valence electrons. The van der Waals surface area contributed by atoms with E-state index in [9.17, 15) is 9.59 Å². The summed E-state index contributed by atoms with van der Waals surface area (Å²) in [7, 11) is 1.42. The Kier molecular flexibility index (Phi) is 5.79. The summed E-state index contributed by atoms with van der Waals surface area (Å²) in [5.74, 6) is 0.0114. The molecule has 0 atom stereocenters. The average molecular weight is 283 g/mol. The number of carbonyl (C=O) groups excluding carboxylic acids is 2.